The van der Waals surface area contributed by atoms with E-state index in [1.807, 2.05) is 13.0 Å². The van der Waals surface area contributed by atoms with Gasteiger partial charge in [-0.15, -0.1) is 6.58 Å². The molecule has 0 amide bonds. The molecular weight excluding hydrogens is 326 g/mol. The van der Waals surface area contributed by atoms with E-state index in [-0.39, 0.29) is 0 Å². The topological polar surface area (TPSA) is 57.5 Å². The van der Waals surface area contributed by atoms with Crippen LogP contribution in [0.5, 0.6) is 0 Å². The van der Waals surface area contributed by atoms with E-state index in [1.54, 1.807) is 0 Å². The van der Waals surface area contributed by atoms with Crippen molar-refractivity contribution in [3.63, 3.8) is 0 Å². The van der Waals surface area contributed by atoms with Crippen LogP contribution in [-0.4, -0.2) is 52.4 Å². The molecule has 0 bridgehead atoms. The Hall–Kier alpha value is -0.870. The highest BCUT2D eigenvalue weighted by molar-refractivity contribution is 5.72. The molecular formula is C22H44NO3+. The van der Waals surface area contributed by atoms with E-state index in [9.17, 15) is 15.0 Å². The van der Waals surface area contributed by atoms with Gasteiger partial charge in [-0.2, -0.15) is 0 Å². The Morgan fingerprint density at radius 2 is 1.58 bits per heavy atom. The zero-order valence-electron chi connectivity index (χ0n) is 17.6. The predicted octanol–water partition coefficient (Wildman–Crippen LogP) is 5.15. The molecule has 0 saturated carbocycles. The molecule has 154 valence electrons. The molecule has 0 spiro atoms. The van der Waals surface area contributed by atoms with Crippen molar-refractivity contribution < 1.29 is 19.5 Å². The number of hydrogen-bond acceptors (Lipinski definition) is 2. The molecule has 0 aliphatic heterocycles. The summed E-state index contributed by atoms with van der Waals surface area (Å²) in [4.78, 5) is 12.0. The van der Waals surface area contributed by atoms with Gasteiger partial charge in [-0.05, 0) is 44.9 Å². The number of aliphatic hydroxyl groups excluding tert-OH is 1. The summed E-state index contributed by atoms with van der Waals surface area (Å²) >= 11 is 0. The minimum absolute atomic E-state index is 0.411. The van der Waals surface area contributed by atoms with E-state index in [1.165, 1.54) is 0 Å². The van der Waals surface area contributed by atoms with Crippen LogP contribution in [0.4, 0.5) is 0 Å². The van der Waals surface area contributed by atoms with Gasteiger partial charge in [0.25, 0.3) is 0 Å². The Labute approximate surface area is 161 Å². The number of quaternary nitrogens is 1. The maximum atomic E-state index is 12.0. The number of unbranched alkanes of at least 4 members (excludes halogenated alkanes) is 6. The van der Waals surface area contributed by atoms with Gasteiger partial charge < -0.3 is 14.7 Å². The van der Waals surface area contributed by atoms with Crippen LogP contribution < -0.4 is 0 Å². The highest BCUT2D eigenvalue weighted by Crippen LogP contribution is 2.24. The van der Waals surface area contributed by atoms with Crippen LogP contribution in [-0.2, 0) is 4.79 Å². The third-order valence-electron chi connectivity index (χ3n) is 5.52. The lowest BCUT2D eigenvalue weighted by Crippen LogP contribution is -2.62. The van der Waals surface area contributed by atoms with Crippen molar-refractivity contribution in [2.24, 2.45) is 0 Å². The summed E-state index contributed by atoms with van der Waals surface area (Å²) in [5, 5.41) is 20.6. The SMILES string of the molecule is C=CCCCCC(O)C[N+](CCCCC)(CCCCC)C(CC)C(=O)O. The van der Waals surface area contributed by atoms with Gasteiger partial charge in [0.15, 0.2) is 6.04 Å². The van der Waals surface area contributed by atoms with Crippen molar-refractivity contribution in [2.45, 2.75) is 104 Å². The van der Waals surface area contributed by atoms with Crippen LogP contribution >= 0.6 is 0 Å². The first kappa shape index (κ1) is 25.1. The molecule has 0 heterocycles. The van der Waals surface area contributed by atoms with Gasteiger partial charge in [-0.1, -0.05) is 46.1 Å². The fourth-order valence-corrected chi connectivity index (χ4v) is 4.06. The van der Waals surface area contributed by atoms with Gasteiger partial charge in [0, 0.05) is 6.42 Å². The fourth-order valence-electron chi connectivity index (χ4n) is 4.06. The average molecular weight is 371 g/mol. The number of carboxylic acids is 1. The van der Waals surface area contributed by atoms with Crippen molar-refractivity contribution in [1.29, 1.82) is 0 Å². The first-order valence-electron chi connectivity index (χ1n) is 10.8. The van der Waals surface area contributed by atoms with Crippen LogP contribution in [0.2, 0.25) is 0 Å². The maximum absolute atomic E-state index is 12.0. The molecule has 0 rings (SSSR count). The molecule has 0 aliphatic carbocycles. The van der Waals surface area contributed by atoms with Gasteiger partial charge in [0.05, 0.1) is 13.1 Å². The summed E-state index contributed by atoms with van der Waals surface area (Å²) in [6.07, 6.45) is 12.4. The quantitative estimate of drug-likeness (QED) is 0.199. The molecule has 0 aliphatic rings. The van der Waals surface area contributed by atoms with Crippen molar-refractivity contribution in [3.8, 4) is 0 Å². The van der Waals surface area contributed by atoms with Crippen LogP contribution in [0.3, 0.4) is 0 Å². The second-order valence-corrected chi connectivity index (χ2v) is 7.75. The van der Waals surface area contributed by atoms with Gasteiger partial charge in [-0.3, -0.25) is 0 Å². The standard InChI is InChI=1S/C22H43NO3/c1-5-9-12-13-16-20(24)19-23(17-14-10-6-2,18-15-11-7-3)21(8-4)22(25)26/h5,20-21,24H,1,6-19H2,2-4H3/p+1. The normalized spacial score (nSPS) is 14.2. The van der Waals surface area contributed by atoms with E-state index < -0.39 is 18.1 Å². The molecule has 0 saturated heterocycles. The van der Waals surface area contributed by atoms with E-state index >= 15 is 0 Å². The number of aliphatic carboxylic acids is 1. The molecule has 0 aromatic heterocycles. The summed E-state index contributed by atoms with van der Waals surface area (Å²) in [7, 11) is 0. The van der Waals surface area contributed by atoms with Gasteiger partial charge in [0.2, 0.25) is 0 Å². The Balaban J connectivity index is 5.23. The van der Waals surface area contributed by atoms with Crippen LogP contribution in [0.1, 0.15) is 91.4 Å². The Bertz CT molecular complexity index is 360. The molecule has 2 unspecified atom stereocenters. The second-order valence-electron chi connectivity index (χ2n) is 7.75. The molecule has 4 nitrogen and oxygen atoms in total. The number of hydrogen-bond donors (Lipinski definition) is 2. The number of nitrogens with zero attached hydrogens (tertiary/aromatic N) is 1. The van der Waals surface area contributed by atoms with E-state index in [0.29, 0.717) is 17.4 Å². The molecule has 0 radical (unpaired) electrons. The van der Waals surface area contributed by atoms with Crippen LogP contribution in [0, 0.1) is 0 Å². The van der Waals surface area contributed by atoms with Crippen molar-refractivity contribution >= 4 is 5.97 Å². The highest BCUT2D eigenvalue weighted by atomic mass is 16.4. The van der Waals surface area contributed by atoms with Crippen molar-refractivity contribution in [2.75, 3.05) is 19.6 Å². The van der Waals surface area contributed by atoms with Crippen LogP contribution in [0.15, 0.2) is 12.7 Å². The number of rotatable bonds is 18. The maximum Gasteiger partial charge on any atom is 0.362 e. The monoisotopic (exact) mass is 370 g/mol. The minimum Gasteiger partial charge on any atom is -0.477 e. The first-order chi connectivity index (χ1) is 12.5. The zero-order valence-corrected chi connectivity index (χ0v) is 17.6. The molecule has 2 atom stereocenters. The van der Waals surface area contributed by atoms with E-state index in [4.69, 9.17) is 0 Å². The largest absolute Gasteiger partial charge is 0.477 e. The number of carbonyl (C=O) groups is 1. The summed E-state index contributed by atoms with van der Waals surface area (Å²) in [6.45, 7) is 12.4. The molecule has 0 fully saturated rings. The van der Waals surface area contributed by atoms with Gasteiger partial charge in [0.1, 0.15) is 12.6 Å². The van der Waals surface area contributed by atoms with E-state index in [0.717, 1.165) is 77.3 Å². The number of allylic oxidation sites excluding steroid dienone is 1. The molecule has 0 aromatic rings. The lowest BCUT2D eigenvalue weighted by Gasteiger charge is -2.44. The third-order valence-corrected chi connectivity index (χ3v) is 5.52. The highest BCUT2D eigenvalue weighted by Gasteiger charge is 2.41. The number of aliphatic hydroxyl groups is 1. The molecule has 26 heavy (non-hydrogen) atoms. The van der Waals surface area contributed by atoms with Gasteiger partial charge in [-0.25, -0.2) is 4.79 Å². The van der Waals surface area contributed by atoms with Gasteiger partial charge >= 0.3 is 5.97 Å². The summed E-state index contributed by atoms with van der Waals surface area (Å²) in [5.41, 5.74) is 0. The third kappa shape index (κ3) is 9.72. The zero-order chi connectivity index (χ0) is 19.8. The Morgan fingerprint density at radius 1 is 1.00 bits per heavy atom. The Kier molecular flexibility index (Phi) is 14.7. The van der Waals surface area contributed by atoms with Crippen molar-refractivity contribution in [1.82, 2.24) is 0 Å². The minimum atomic E-state index is -0.709. The predicted molar refractivity (Wildman–Crippen MR) is 110 cm³/mol. The lowest BCUT2D eigenvalue weighted by molar-refractivity contribution is -0.946. The lowest BCUT2D eigenvalue weighted by atomic mass is 10.0. The molecule has 0 aromatic carbocycles. The average Bonchev–Trinajstić information content (AvgIpc) is 2.59. The first-order valence-corrected chi connectivity index (χ1v) is 10.8. The van der Waals surface area contributed by atoms with Crippen molar-refractivity contribution in [3.05, 3.63) is 12.7 Å². The van der Waals surface area contributed by atoms with Crippen LogP contribution in [0.25, 0.3) is 0 Å². The summed E-state index contributed by atoms with van der Waals surface area (Å²) in [6, 6.07) is -0.411. The summed E-state index contributed by atoms with van der Waals surface area (Å²) in [5.74, 6) is -0.709. The Morgan fingerprint density at radius 3 is 2.00 bits per heavy atom. The fraction of sp³-hybridized carbons (Fsp3) is 0.864. The smallest absolute Gasteiger partial charge is 0.362 e. The second kappa shape index (κ2) is 15.2. The van der Waals surface area contributed by atoms with E-state index in [2.05, 4.69) is 20.4 Å². The summed E-state index contributed by atoms with van der Waals surface area (Å²) < 4.78 is 0.550. The number of carboxylic acid groups (broad SMARTS) is 1. The molecule has 4 heteroatoms. The molecule has 2 N–H and O–H groups in total.